The third kappa shape index (κ3) is 16.7. The predicted molar refractivity (Wildman–Crippen MR) is 626 cm³/mol. The van der Waals surface area contributed by atoms with Crippen LogP contribution in [0.4, 0.5) is 0 Å². The molecule has 0 amide bonds. The second kappa shape index (κ2) is 38.5. The van der Waals surface area contributed by atoms with Crippen molar-refractivity contribution in [3.63, 3.8) is 0 Å². The largest absolute Gasteiger partial charge is 0.208 e. The van der Waals surface area contributed by atoms with E-state index in [1.807, 2.05) is 133 Å². The number of benzene rings is 26. The first-order valence-corrected chi connectivity index (χ1v) is 50.8. The van der Waals surface area contributed by atoms with Crippen LogP contribution in [-0.4, -0.2) is 44.9 Å². The first-order chi connectivity index (χ1) is 74.3. The summed E-state index contributed by atoms with van der Waals surface area (Å²) < 4.78 is 0. The van der Waals surface area contributed by atoms with Crippen LogP contribution < -0.4 is 0 Å². The zero-order chi connectivity index (χ0) is 99.3. The maximum atomic E-state index is 5.10. The maximum absolute atomic E-state index is 5.10. The number of rotatable bonds is 14. The first-order valence-electron chi connectivity index (χ1n) is 50.8. The normalized spacial score (nSPS) is 11.5. The Kier molecular flexibility index (Phi) is 22.8. The van der Waals surface area contributed by atoms with Gasteiger partial charge in [-0.1, -0.05) is 516 Å². The highest BCUT2D eigenvalue weighted by atomic mass is 15.1. The Balaban J connectivity index is 0.000000111. The Labute approximate surface area is 866 Å². The van der Waals surface area contributed by atoms with E-state index in [-0.39, 0.29) is 0 Å². The second-order valence-corrected chi connectivity index (χ2v) is 38.0. The highest BCUT2D eigenvalue weighted by Gasteiger charge is 2.24. The lowest BCUT2D eigenvalue weighted by Crippen LogP contribution is -2.01. The molecule has 0 spiro atoms. The fourth-order valence-corrected chi connectivity index (χ4v) is 21.8. The van der Waals surface area contributed by atoms with Crippen LogP contribution in [-0.2, 0) is 0 Å². The Morgan fingerprint density at radius 2 is 0.353 bits per heavy atom. The lowest BCUT2D eigenvalue weighted by molar-refractivity contribution is 1.07. The molecule has 0 fully saturated rings. The molecule has 3 aromatic heterocycles. The van der Waals surface area contributed by atoms with Crippen LogP contribution >= 0.6 is 0 Å². The molecule has 150 heavy (non-hydrogen) atoms. The third-order valence-corrected chi connectivity index (χ3v) is 29.1. The molecule has 0 unspecified atom stereocenters. The van der Waals surface area contributed by atoms with E-state index in [0.717, 1.165) is 94.6 Å². The van der Waals surface area contributed by atoms with Crippen LogP contribution in [0.25, 0.3) is 287 Å². The zero-order valence-corrected chi connectivity index (χ0v) is 81.4. The minimum Gasteiger partial charge on any atom is -0.208 e. The summed E-state index contributed by atoms with van der Waals surface area (Å²) in [4.78, 5) is 45.2. The van der Waals surface area contributed by atoms with Gasteiger partial charge in [0.05, 0.1) is 0 Å². The van der Waals surface area contributed by atoms with Crippen molar-refractivity contribution in [3.05, 3.63) is 540 Å². The number of hydrogen-bond acceptors (Lipinski definition) is 9. The van der Waals surface area contributed by atoms with Crippen LogP contribution in [0, 0.1) is 0 Å². The molecule has 29 aromatic rings. The highest BCUT2D eigenvalue weighted by molar-refractivity contribution is 6.31. The van der Waals surface area contributed by atoms with Crippen molar-refractivity contribution in [1.29, 1.82) is 0 Å². The molecule has 698 valence electrons. The second-order valence-electron chi connectivity index (χ2n) is 38.0. The van der Waals surface area contributed by atoms with E-state index in [1.165, 1.54) is 140 Å². The Hall–Kier alpha value is -20.1. The van der Waals surface area contributed by atoms with Gasteiger partial charge >= 0.3 is 0 Å². The monoisotopic (exact) mass is 1910 g/mol. The van der Waals surface area contributed by atoms with Gasteiger partial charge in [-0.2, -0.15) is 0 Å². The number of nitrogens with zero attached hydrogens (tertiary/aromatic N) is 9. The van der Waals surface area contributed by atoms with Gasteiger partial charge in [-0.05, 0) is 209 Å². The van der Waals surface area contributed by atoms with E-state index in [9.17, 15) is 0 Å². The lowest BCUT2D eigenvalue weighted by atomic mass is 9.88. The summed E-state index contributed by atoms with van der Waals surface area (Å²) in [5.74, 6) is 5.82. The zero-order valence-electron chi connectivity index (χ0n) is 81.4. The summed E-state index contributed by atoms with van der Waals surface area (Å²) in [6.07, 6.45) is 0. The van der Waals surface area contributed by atoms with Gasteiger partial charge in [0.25, 0.3) is 0 Å². The highest BCUT2D eigenvalue weighted by Crippen LogP contribution is 2.48. The van der Waals surface area contributed by atoms with Gasteiger partial charge in [-0.3, -0.25) is 0 Å². The number of fused-ring (bicyclic) bond motifs is 21. The van der Waals surface area contributed by atoms with Gasteiger partial charge in [-0.15, -0.1) is 0 Å². The van der Waals surface area contributed by atoms with Crippen molar-refractivity contribution in [3.8, 4) is 158 Å². The maximum Gasteiger partial charge on any atom is 0.164 e. The van der Waals surface area contributed by atoms with Crippen LogP contribution in [0.3, 0.4) is 0 Å². The fourth-order valence-electron chi connectivity index (χ4n) is 21.8. The smallest absolute Gasteiger partial charge is 0.164 e. The summed E-state index contributed by atoms with van der Waals surface area (Å²) in [5.41, 5.74) is 20.0. The minimum atomic E-state index is 0.641. The van der Waals surface area contributed by atoms with Gasteiger partial charge in [-0.25, -0.2) is 44.9 Å². The van der Waals surface area contributed by atoms with E-state index >= 15 is 0 Å². The summed E-state index contributed by atoms with van der Waals surface area (Å²) in [5, 5.41) is 30.1. The van der Waals surface area contributed by atoms with Crippen LogP contribution in [0.2, 0.25) is 0 Å². The van der Waals surface area contributed by atoms with E-state index in [4.69, 9.17) is 44.9 Å². The molecule has 29 rings (SSSR count). The quantitative estimate of drug-likeness (QED) is 0.0981. The summed E-state index contributed by atoms with van der Waals surface area (Å²) in [6, 6.07) is 190. The molecule has 0 atom stereocenters. The molecular weight excluding hydrogens is 1820 g/mol. The van der Waals surface area contributed by atoms with Crippen molar-refractivity contribution in [1.82, 2.24) is 44.9 Å². The van der Waals surface area contributed by atoms with Gasteiger partial charge in [0.1, 0.15) is 0 Å². The Morgan fingerprint density at radius 3 is 0.833 bits per heavy atom. The van der Waals surface area contributed by atoms with Crippen LogP contribution in [0.1, 0.15) is 0 Å². The molecule has 26 aromatic carbocycles. The van der Waals surface area contributed by atoms with E-state index in [0.29, 0.717) is 52.4 Å². The lowest BCUT2D eigenvalue weighted by Gasteiger charge is -2.17. The summed E-state index contributed by atoms with van der Waals surface area (Å²) in [7, 11) is 0. The fraction of sp³-hybridized carbons (Fsp3) is 0. The van der Waals surface area contributed by atoms with Gasteiger partial charge in [0.15, 0.2) is 52.4 Å². The third-order valence-electron chi connectivity index (χ3n) is 29.1. The van der Waals surface area contributed by atoms with E-state index < -0.39 is 0 Å². The molecule has 0 aliphatic rings. The number of hydrogen-bond donors (Lipinski definition) is 0. The van der Waals surface area contributed by atoms with Gasteiger partial charge in [0, 0.05) is 50.1 Å². The average Bonchev–Trinajstić information content (AvgIpc) is 0.734. The molecular formula is C141H89N9. The Morgan fingerprint density at radius 1 is 0.0867 bits per heavy atom. The molecule has 0 aliphatic heterocycles. The SMILES string of the molecule is c1ccc(-c2cccc(-c3nc(-c4ccccc4)nc(-c4ccc(-c5cc6ccccc6c6c5ccc5c7ccccc7ccc56)cc4)n3)c2)cc1.c1ccc(-c2cccc(-c3nc(-c4ccccc4)nc(-c4ccc(-c5cccc6ccc7ccc8c9ccccc9ccc8c7c56)cc4)n3)c2)cc1.c1ccc(-c2nc(-c3ccccc3)nc(-c3ccccc3-c3cc4c(ccc5ccc6ccccc6c54)c4ccccc34)n2)cc1. The van der Waals surface area contributed by atoms with Gasteiger partial charge < -0.3 is 0 Å². The molecule has 0 radical (unpaired) electrons. The van der Waals surface area contributed by atoms with E-state index in [2.05, 4.69) is 406 Å². The number of aromatic nitrogens is 9. The van der Waals surface area contributed by atoms with Crippen molar-refractivity contribution in [2.75, 3.05) is 0 Å². The molecule has 0 N–H and O–H groups in total. The summed E-state index contributed by atoms with van der Waals surface area (Å²) in [6.45, 7) is 0. The molecule has 0 bridgehead atoms. The predicted octanol–water partition coefficient (Wildman–Crippen LogP) is 36.8. The molecule has 9 heteroatoms. The molecule has 0 saturated carbocycles. The van der Waals surface area contributed by atoms with Crippen molar-refractivity contribution < 1.29 is 0 Å². The molecule has 0 saturated heterocycles. The molecule has 0 aliphatic carbocycles. The first kappa shape index (κ1) is 88.8. The molecule has 9 nitrogen and oxygen atoms in total. The van der Waals surface area contributed by atoms with Crippen LogP contribution in [0.5, 0.6) is 0 Å². The summed E-state index contributed by atoms with van der Waals surface area (Å²) >= 11 is 0. The molecule has 3 heterocycles. The van der Waals surface area contributed by atoms with Crippen molar-refractivity contribution in [2.45, 2.75) is 0 Å². The average molecular weight is 1910 g/mol. The van der Waals surface area contributed by atoms with E-state index in [1.54, 1.807) is 0 Å². The van der Waals surface area contributed by atoms with Crippen molar-refractivity contribution in [2.24, 2.45) is 0 Å². The van der Waals surface area contributed by atoms with Crippen LogP contribution in [0.15, 0.2) is 540 Å². The standard InChI is InChI=1S/2C49H31N3.C43H27N3/c1-3-12-32(13-4-1)37-18-11-19-39(30-37)49-51-47(35-15-5-2-6-16-35)50-48(52-49)36-24-22-34(23-25-36)45-31-38-17-8-10-21-41(38)46-43-27-26-33-14-7-9-20-40(33)42(43)28-29-44(45)46;1-3-11-32(12-4-1)39-17-9-18-40(31-39)49-51-47(37-14-5-2-6-15-37)50-48(52-49)38-25-21-34(22-26-38)42-20-10-16-35-23-24-36-28-29-43-41-19-8-7-13-33(41)27-30-44(43)46(36)45(35)42;1-3-14-30(15-4-1)41-44-42(31-16-5-2-6-17-31)46-43(45-41)37-22-12-11-21-35(37)38-27-39-36(33-19-9-10-20-34(33)38)26-25-29-24-23-28-13-7-8-18-32(28)40(29)39/h2*1-31H;1-27H. The minimum absolute atomic E-state index is 0.641. The van der Waals surface area contributed by atoms with Gasteiger partial charge in [0.2, 0.25) is 0 Å². The van der Waals surface area contributed by atoms with Crippen molar-refractivity contribution >= 4 is 129 Å². The topological polar surface area (TPSA) is 116 Å². The Bertz CT molecular complexity index is 9960.